The summed E-state index contributed by atoms with van der Waals surface area (Å²) in [6.45, 7) is 3.97. The van der Waals surface area contributed by atoms with Gasteiger partial charge in [-0.2, -0.15) is 13.2 Å². The molecule has 4 nitrogen and oxygen atoms in total. The van der Waals surface area contributed by atoms with Crippen molar-refractivity contribution in [3.63, 3.8) is 0 Å². The van der Waals surface area contributed by atoms with Gasteiger partial charge in [-0.25, -0.2) is 0 Å². The lowest BCUT2D eigenvalue weighted by Crippen LogP contribution is -2.28. The number of carbonyl (C=O) groups excluding carboxylic acids is 2. The third-order valence-electron chi connectivity index (χ3n) is 5.26. The van der Waals surface area contributed by atoms with Crippen LogP contribution in [0.25, 0.3) is 0 Å². The molecule has 0 aliphatic carbocycles. The number of hydrogen-bond donors (Lipinski definition) is 1. The normalized spacial score (nSPS) is 16.2. The van der Waals surface area contributed by atoms with E-state index in [9.17, 15) is 22.8 Å². The fraction of sp³-hybridized carbons (Fsp3) is 0.200. The molecule has 1 heterocycles. The lowest BCUT2D eigenvalue weighted by Gasteiger charge is -2.25. The summed E-state index contributed by atoms with van der Waals surface area (Å²) in [5, 5.41) is 2.48. The van der Waals surface area contributed by atoms with Crippen LogP contribution in [0, 0.1) is 13.8 Å². The highest BCUT2D eigenvalue weighted by atomic mass is 32.2. The van der Waals surface area contributed by atoms with Crippen LogP contribution in [0.4, 0.5) is 24.5 Å². The number of thioether (sulfide) groups is 1. The van der Waals surface area contributed by atoms with Crippen LogP contribution in [-0.4, -0.2) is 17.6 Å². The van der Waals surface area contributed by atoms with Crippen LogP contribution in [0.3, 0.4) is 0 Å². The predicted molar refractivity (Wildman–Crippen MR) is 124 cm³/mol. The molecule has 0 spiro atoms. The molecule has 1 saturated heterocycles. The van der Waals surface area contributed by atoms with Crippen molar-refractivity contribution in [2.24, 2.45) is 0 Å². The Labute approximate surface area is 193 Å². The van der Waals surface area contributed by atoms with Crippen LogP contribution in [0.5, 0.6) is 0 Å². The fourth-order valence-corrected chi connectivity index (χ4v) is 4.99. The van der Waals surface area contributed by atoms with Gasteiger partial charge in [-0.1, -0.05) is 18.2 Å². The minimum atomic E-state index is -4.46. The number of carbonyl (C=O) groups is 2. The third kappa shape index (κ3) is 5.06. The second kappa shape index (κ2) is 8.94. The fourth-order valence-electron chi connectivity index (χ4n) is 3.82. The van der Waals surface area contributed by atoms with Crippen LogP contribution in [-0.2, 0) is 11.0 Å². The summed E-state index contributed by atoms with van der Waals surface area (Å²) in [5.41, 5.74) is 3.60. The maximum absolute atomic E-state index is 12.8. The summed E-state index contributed by atoms with van der Waals surface area (Å²) in [5.74, 6) is -0.156. The van der Waals surface area contributed by atoms with E-state index in [0.717, 1.165) is 46.6 Å². The minimum absolute atomic E-state index is 0.00851. The van der Waals surface area contributed by atoms with Gasteiger partial charge in [-0.05, 0) is 79.1 Å². The van der Waals surface area contributed by atoms with E-state index in [4.69, 9.17) is 0 Å². The molecule has 1 aliphatic heterocycles. The van der Waals surface area contributed by atoms with Gasteiger partial charge in [0.1, 0.15) is 5.37 Å². The highest BCUT2D eigenvalue weighted by Crippen LogP contribution is 2.42. The van der Waals surface area contributed by atoms with Gasteiger partial charge in [0.2, 0.25) is 5.91 Å². The number of hydrogen-bond acceptors (Lipinski definition) is 3. The topological polar surface area (TPSA) is 49.4 Å². The van der Waals surface area contributed by atoms with E-state index in [1.807, 2.05) is 38.1 Å². The van der Waals surface area contributed by atoms with Crippen LogP contribution in [0.1, 0.15) is 38.0 Å². The van der Waals surface area contributed by atoms with Crippen molar-refractivity contribution in [3.8, 4) is 0 Å². The first-order valence-corrected chi connectivity index (χ1v) is 11.3. The quantitative estimate of drug-likeness (QED) is 0.483. The zero-order valence-corrected chi connectivity index (χ0v) is 18.8. The molecule has 1 atom stereocenters. The molecule has 8 heteroatoms. The average Bonchev–Trinajstić information content (AvgIpc) is 3.14. The Morgan fingerprint density at radius 2 is 1.67 bits per heavy atom. The number of rotatable bonds is 4. The summed E-state index contributed by atoms with van der Waals surface area (Å²) in [4.78, 5) is 27.0. The molecule has 0 radical (unpaired) electrons. The number of nitrogens with zero attached hydrogens (tertiary/aromatic N) is 1. The maximum Gasteiger partial charge on any atom is 0.416 e. The van der Waals surface area contributed by atoms with Gasteiger partial charge < -0.3 is 5.32 Å². The van der Waals surface area contributed by atoms with E-state index in [0.29, 0.717) is 11.4 Å². The number of aryl methyl sites for hydroxylation is 2. The van der Waals surface area contributed by atoms with Crippen molar-refractivity contribution < 1.29 is 22.8 Å². The highest BCUT2D eigenvalue weighted by molar-refractivity contribution is 8.00. The largest absolute Gasteiger partial charge is 0.416 e. The Kier molecular flexibility index (Phi) is 6.21. The molecule has 1 fully saturated rings. The van der Waals surface area contributed by atoms with Crippen molar-refractivity contribution in [1.82, 2.24) is 0 Å². The zero-order valence-electron chi connectivity index (χ0n) is 17.9. The highest BCUT2D eigenvalue weighted by Gasteiger charge is 2.34. The van der Waals surface area contributed by atoms with Gasteiger partial charge in [-0.3, -0.25) is 14.5 Å². The van der Waals surface area contributed by atoms with Crippen LogP contribution < -0.4 is 10.2 Å². The lowest BCUT2D eigenvalue weighted by molar-refractivity contribution is -0.137. The van der Waals surface area contributed by atoms with Crippen molar-refractivity contribution >= 4 is 35.0 Å². The Hall–Kier alpha value is -3.26. The molecule has 3 aromatic rings. The molecule has 0 unspecified atom stereocenters. The Balaban J connectivity index is 1.56. The Bertz CT molecular complexity index is 1190. The van der Waals surface area contributed by atoms with Crippen molar-refractivity contribution in [2.45, 2.75) is 25.4 Å². The van der Waals surface area contributed by atoms with E-state index >= 15 is 0 Å². The molecule has 170 valence electrons. The number of amides is 2. The standard InChI is InChI=1S/C25H21F3N2O2S/c1-15-10-16(2)12-21(11-15)30-22(31)14-33-24(30)18-4-3-5-20(13-18)29-23(32)17-6-8-19(9-7-17)25(26,27)28/h3-13,24H,14H2,1-2H3,(H,29,32)/t24-/m1/s1. The Morgan fingerprint density at radius 1 is 1.00 bits per heavy atom. The number of halogens is 3. The first kappa shape index (κ1) is 22.9. The van der Waals surface area contributed by atoms with E-state index in [1.165, 1.54) is 11.8 Å². The van der Waals surface area contributed by atoms with E-state index in [1.54, 1.807) is 23.1 Å². The molecule has 0 aromatic heterocycles. The van der Waals surface area contributed by atoms with Crippen molar-refractivity contribution in [3.05, 3.63) is 94.5 Å². The molecule has 1 N–H and O–H groups in total. The zero-order chi connectivity index (χ0) is 23.8. The minimum Gasteiger partial charge on any atom is -0.322 e. The van der Waals surface area contributed by atoms with Gasteiger partial charge in [-0.15, -0.1) is 11.8 Å². The maximum atomic E-state index is 12.8. The van der Waals surface area contributed by atoms with Gasteiger partial charge in [0.25, 0.3) is 5.91 Å². The predicted octanol–water partition coefficient (Wildman–Crippen LogP) is 6.35. The summed E-state index contributed by atoms with van der Waals surface area (Å²) in [7, 11) is 0. The van der Waals surface area contributed by atoms with Gasteiger partial charge in [0.05, 0.1) is 11.3 Å². The van der Waals surface area contributed by atoms with Crippen molar-refractivity contribution in [1.29, 1.82) is 0 Å². The monoisotopic (exact) mass is 470 g/mol. The third-order valence-corrected chi connectivity index (χ3v) is 6.47. The number of benzene rings is 3. The van der Waals surface area contributed by atoms with E-state index < -0.39 is 17.6 Å². The van der Waals surface area contributed by atoms with Crippen LogP contribution in [0.15, 0.2) is 66.7 Å². The molecular formula is C25H21F3N2O2S. The summed E-state index contributed by atoms with van der Waals surface area (Å²) < 4.78 is 38.3. The molecule has 0 bridgehead atoms. The number of nitrogens with one attached hydrogen (secondary N) is 1. The SMILES string of the molecule is Cc1cc(C)cc(N2C(=O)CS[C@@H]2c2cccc(NC(=O)c3ccc(C(F)(F)F)cc3)c2)c1. The van der Waals surface area contributed by atoms with E-state index in [-0.39, 0.29) is 16.8 Å². The first-order chi connectivity index (χ1) is 15.6. The Morgan fingerprint density at radius 3 is 2.30 bits per heavy atom. The molecule has 0 saturated carbocycles. The smallest absolute Gasteiger partial charge is 0.322 e. The molecule has 1 aliphatic rings. The molecular weight excluding hydrogens is 449 g/mol. The van der Waals surface area contributed by atoms with Crippen LogP contribution >= 0.6 is 11.8 Å². The second-order valence-electron chi connectivity index (χ2n) is 7.93. The number of anilines is 2. The summed E-state index contributed by atoms with van der Waals surface area (Å²) in [6.07, 6.45) is -4.46. The van der Waals surface area contributed by atoms with Gasteiger partial charge >= 0.3 is 6.18 Å². The van der Waals surface area contributed by atoms with Crippen LogP contribution in [0.2, 0.25) is 0 Å². The summed E-state index contributed by atoms with van der Waals surface area (Å²) >= 11 is 1.50. The van der Waals surface area contributed by atoms with Crippen molar-refractivity contribution in [2.75, 3.05) is 16.0 Å². The average molecular weight is 471 g/mol. The molecule has 4 rings (SSSR count). The molecule has 3 aromatic carbocycles. The summed E-state index contributed by atoms with van der Waals surface area (Å²) in [6, 6.07) is 17.2. The lowest BCUT2D eigenvalue weighted by atomic mass is 10.1. The van der Waals surface area contributed by atoms with Gasteiger partial charge in [0.15, 0.2) is 0 Å². The van der Waals surface area contributed by atoms with Gasteiger partial charge in [0, 0.05) is 16.9 Å². The first-order valence-electron chi connectivity index (χ1n) is 10.2. The number of alkyl halides is 3. The molecule has 33 heavy (non-hydrogen) atoms. The molecule has 2 amide bonds. The van der Waals surface area contributed by atoms with E-state index in [2.05, 4.69) is 5.32 Å². The second-order valence-corrected chi connectivity index (χ2v) is 9.00.